The molecule has 0 atom stereocenters. The first-order valence-electron chi connectivity index (χ1n) is 11.9. The van der Waals surface area contributed by atoms with Crippen molar-refractivity contribution in [1.82, 2.24) is 5.16 Å². The molecule has 1 aromatic heterocycles. The molecule has 35 heavy (non-hydrogen) atoms. The van der Waals surface area contributed by atoms with E-state index in [-0.39, 0.29) is 0 Å². The predicted molar refractivity (Wildman–Crippen MR) is 139 cm³/mol. The van der Waals surface area contributed by atoms with Gasteiger partial charge in [0.2, 0.25) is 0 Å². The highest BCUT2D eigenvalue weighted by Gasteiger charge is 2.15. The maximum absolute atomic E-state index is 9.93. The molecule has 0 spiro atoms. The number of rotatable bonds is 9. The summed E-state index contributed by atoms with van der Waals surface area (Å²) in [6.07, 6.45) is 2.22. The predicted octanol–water partition coefficient (Wildman–Crippen LogP) is 7.05. The molecule has 0 radical (unpaired) electrons. The van der Waals surface area contributed by atoms with Crippen LogP contribution in [0.1, 0.15) is 42.5 Å². The lowest BCUT2D eigenvalue weighted by atomic mass is 9.90. The zero-order valence-electron chi connectivity index (χ0n) is 21.1. The van der Waals surface area contributed by atoms with E-state index in [1.807, 2.05) is 30.3 Å². The van der Waals surface area contributed by atoms with E-state index in [1.54, 1.807) is 20.0 Å². The zero-order chi connectivity index (χ0) is 25.0. The molecule has 0 saturated heterocycles. The van der Waals surface area contributed by atoms with Gasteiger partial charge in [0.15, 0.2) is 5.76 Å². The SMILES string of the molecule is Cc1cc(OCCC(C)(C)O)cc(C)c1-c1cccc(COc2ccc(-c3ccno3)cc2)c1C. The number of aromatic nitrogens is 1. The number of benzene rings is 3. The van der Waals surface area contributed by atoms with Gasteiger partial charge in [-0.2, -0.15) is 0 Å². The van der Waals surface area contributed by atoms with Crippen LogP contribution in [0.4, 0.5) is 0 Å². The smallest absolute Gasteiger partial charge is 0.166 e. The van der Waals surface area contributed by atoms with Crippen LogP contribution in [-0.4, -0.2) is 22.5 Å². The Kier molecular flexibility index (Phi) is 7.27. The molecule has 0 fully saturated rings. The molecule has 5 heteroatoms. The third-order valence-electron chi connectivity index (χ3n) is 6.18. The monoisotopic (exact) mass is 471 g/mol. The lowest BCUT2D eigenvalue weighted by Crippen LogP contribution is -2.21. The van der Waals surface area contributed by atoms with Gasteiger partial charge in [-0.3, -0.25) is 0 Å². The van der Waals surface area contributed by atoms with Crippen LogP contribution in [0.5, 0.6) is 11.5 Å². The van der Waals surface area contributed by atoms with Crippen molar-refractivity contribution in [3.8, 4) is 33.9 Å². The minimum absolute atomic E-state index is 0.479. The molecule has 3 aromatic carbocycles. The number of hydrogen-bond acceptors (Lipinski definition) is 5. The summed E-state index contributed by atoms with van der Waals surface area (Å²) < 4.78 is 17.2. The van der Waals surface area contributed by atoms with Crippen LogP contribution in [0.25, 0.3) is 22.5 Å². The number of aryl methyl sites for hydroxylation is 2. The third-order valence-corrected chi connectivity index (χ3v) is 6.18. The molecule has 4 rings (SSSR count). The van der Waals surface area contributed by atoms with E-state index in [0.717, 1.165) is 39.5 Å². The average Bonchev–Trinajstić information content (AvgIpc) is 3.33. The molecular weight excluding hydrogens is 438 g/mol. The second-order valence-corrected chi connectivity index (χ2v) is 9.62. The Bertz CT molecular complexity index is 1250. The topological polar surface area (TPSA) is 64.7 Å². The molecule has 1 heterocycles. The maximum Gasteiger partial charge on any atom is 0.166 e. The molecule has 4 aromatic rings. The fraction of sp³-hybridized carbons (Fsp3) is 0.300. The highest BCUT2D eigenvalue weighted by molar-refractivity contribution is 5.75. The van der Waals surface area contributed by atoms with Gasteiger partial charge in [0, 0.05) is 18.1 Å². The van der Waals surface area contributed by atoms with E-state index >= 15 is 0 Å². The average molecular weight is 472 g/mol. The van der Waals surface area contributed by atoms with Crippen LogP contribution < -0.4 is 9.47 Å². The lowest BCUT2D eigenvalue weighted by molar-refractivity contribution is 0.0553. The largest absolute Gasteiger partial charge is 0.493 e. The first-order chi connectivity index (χ1) is 16.7. The van der Waals surface area contributed by atoms with Crippen molar-refractivity contribution in [3.05, 3.63) is 89.1 Å². The zero-order valence-corrected chi connectivity index (χ0v) is 21.1. The molecule has 0 saturated carbocycles. The summed E-state index contributed by atoms with van der Waals surface area (Å²) in [6.45, 7) is 10.9. The van der Waals surface area contributed by atoms with Gasteiger partial charge in [-0.25, -0.2) is 0 Å². The van der Waals surface area contributed by atoms with E-state index < -0.39 is 5.60 Å². The minimum Gasteiger partial charge on any atom is -0.493 e. The van der Waals surface area contributed by atoms with E-state index in [2.05, 4.69) is 56.3 Å². The van der Waals surface area contributed by atoms with Gasteiger partial charge in [0.25, 0.3) is 0 Å². The van der Waals surface area contributed by atoms with Gasteiger partial charge in [-0.15, -0.1) is 0 Å². The Hall–Kier alpha value is -3.57. The van der Waals surface area contributed by atoms with Crippen molar-refractivity contribution in [2.24, 2.45) is 0 Å². The number of ether oxygens (including phenoxy) is 2. The number of aliphatic hydroxyl groups is 1. The first-order valence-corrected chi connectivity index (χ1v) is 11.9. The van der Waals surface area contributed by atoms with Gasteiger partial charge in [0.05, 0.1) is 18.4 Å². The van der Waals surface area contributed by atoms with E-state index in [9.17, 15) is 5.11 Å². The van der Waals surface area contributed by atoms with E-state index in [0.29, 0.717) is 19.6 Å². The van der Waals surface area contributed by atoms with Crippen LogP contribution in [0.3, 0.4) is 0 Å². The molecular formula is C30H33NO4. The van der Waals surface area contributed by atoms with E-state index in [1.165, 1.54) is 16.7 Å². The Morgan fingerprint density at radius 2 is 1.60 bits per heavy atom. The summed E-state index contributed by atoms with van der Waals surface area (Å²) in [5.41, 5.74) is 7.31. The second-order valence-electron chi connectivity index (χ2n) is 9.62. The fourth-order valence-electron chi connectivity index (χ4n) is 4.20. The van der Waals surface area contributed by atoms with Crippen LogP contribution >= 0.6 is 0 Å². The molecule has 0 aliphatic heterocycles. The quantitative estimate of drug-likeness (QED) is 0.283. The number of nitrogens with zero attached hydrogens (tertiary/aromatic N) is 1. The molecule has 0 bridgehead atoms. The van der Waals surface area contributed by atoms with Crippen LogP contribution in [0, 0.1) is 20.8 Å². The Morgan fingerprint density at radius 1 is 0.886 bits per heavy atom. The molecule has 182 valence electrons. The summed E-state index contributed by atoms with van der Waals surface area (Å²) in [5, 5.41) is 13.7. The van der Waals surface area contributed by atoms with Gasteiger partial charge < -0.3 is 19.1 Å². The third kappa shape index (κ3) is 6.11. The highest BCUT2D eigenvalue weighted by atomic mass is 16.5. The second kappa shape index (κ2) is 10.4. The Labute approximate surface area is 207 Å². The molecule has 0 aliphatic carbocycles. The van der Waals surface area contributed by atoms with Crippen molar-refractivity contribution < 1.29 is 19.1 Å². The maximum atomic E-state index is 9.93. The van der Waals surface area contributed by atoms with Crippen molar-refractivity contribution in [2.75, 3.05) is 6.61 Å². The van der Waals surface area contributed by atoms with Crippen LogP contribution in [0.2, 0.25) is 0 Å². The normalized spacial score (nSPS) is 11.5. The van der Waals surface area contributed by atoms with Crippen molar-refractivity contribution >= 4 is 0 Å². The first kappa shape index (κ1) is 24.6. The molecule has 0 unspecified atom stereocenters. The highest BCUT2D eigenvalue weighted by Crippen LogP contribution is 2.34. The van der Waals surface area contributed by atoms with Crippen molar-refractivity contribution in [3.63, 3.8) is 0 Å². The summed E-state index contributed by atoms with van der Waals surface area (Å²) in [4.78, 5) is 0. The van der Waals surface area contributed by atoms with Gasteiger partial charge in [-0.1, -0.05) is 23.4 Å². The van der Waals surface area contributed by atoms with Crippen molar-refractivity contribution in [1.29, 1.82) is 0 Å². The Morgan fingerprint density at radius 3 is 2.23 bits per heavy atom. The summed E-state index contributed by atoms with van der Waals surface area (Å²) in [5.74, 6) is 2.37. The lowest BCUT2D eigenvalue weighted by Gasteiger charge is -2.19. The number of hydrogen-bond donors (Lipinski definition) is 1. The molecule has 0 aliphatic rings. The van der Waals surface area contributed by atoms with Gasteiger partial charge in [0.1, 0.15) is 18.1 Å². The molecule has 0 amide bonds. The van der Waals surface area contributed by atoms with E-state index in [4.69, 9.17) is 14.0 Å². The fourth-order valence-corrected chi connectivity index (χ4v) is 4.20. The van der Waals surface area contributed by atoms with Crippen LogP contribution in [0.15, 0.2) is 71.4 Å². The molecule has 5 nitrogen and oxygen atoms in total. The van der Waals surface area contributed by atoms with Crippen LogP contribution in [-0.2, 0) is 6.61 Å². The summed E-state index contributed by atoms with van der Waals surface area (Å²) in [7, 11) is 0. The van der Waals surface area contributed by atoms with Gasteiger partial charge in [-0.05, 0) is 104 Å². The Balaban J connectivity index is 1.49. The van der Waals surface area contributed by atoms with Gasteiger partial charge >= 0.3 is 0 Å². The summed E-state index contributed by atoms with van der Waals surface area (Å²) in [6, 6.07) is 20.2. The summed E-state index contributed by atoms with van der Waals surface area (Å²) >= 11 is 0. The minimum atomic E-state index is -0.734. The molecule has 1 N–H and O–H groups in total. The van der Waals surface area contributed by atoms with Crippen molar-refractivity contribution in [2.45, 2.75) is 53.2 Å². The standard InChI is InChI=1S/C30H33NO4/c1-20-17-26(33-16-14-30(4,5)32)18-21(2)29(20)27-8-6-7-24(22(27)3)19-34-25-11-9-23(10-12-25)28-13-15-31-35-28/h6-13,15,17-18,32H,14,16,19H2,1-5H3.